The van der Waals surface area contributed by atoms with Crippen LogP contribution in [0.25, 0.3) is 0 Å². The van der Waals surface area contributed by atoms with Gasteiger partial charge in [0.05, 0.1) is 3.79 Å². The molecule has 0 aliphatic carbocycles. The Morgan fingerprint density at radius 2 is 2.11 bits per heavy atom. The largest absolute Gasteiger partial charge is 0.481 e. The van der Waals surface area contributed by atoms with E-state index in [9.17, 15) is 9.59 Å². The first kappa shape index (κ1) is 15.2. The minimum absolute atomic E-state index is 0.218. The molecule has 18 heavy (non-hydrogen) atoms. The summed E-state index contributed by atoms with van der Waals surface area (Å²) in [6, 6.07) is 3.96. The predicted molar refractivity (Wildman–Crippen MR) is 74.9 cm³/mol. The Kier molecular flexibility index (Phi) is 4.92. The van der Waals surface area contributed by atoms with Crippen LogP contribution in [-0.4, -0.2) is 23.5 Å². The zero-order valence-corrected chi connectivity index (χ0v) is 12.9. The summed E-state index contributed by atoms with van der Waals surface area (Å²) in [7, 11) is 0. The molecule has 0 radical (unpaired) electrons. The normalized spacial score (nSPS) is 13.1. The molecule has 0 fully saturated rings. The SMILES string of the molecule is CC(C(=O)O)C(=O)NCC(C)(C)c1ccc(Br)s1. The van der Waals surface area contributed by atoms with Crippen molar-refractivity contribution >= 4 is 39.1 Å². The summed E-state index contributed by atoms with van der Waals surface area (Å²) in [5, 5.41) is 11.4. The second-order valence-corrected chi connectivity index (χ2v) is 7.23. The molecule has 0 aromatic carbocycles. The van der Waals surface area contributed by atoms with E-state index in [4.69, 9.17) is 5.11 Å². The fraction of sp³-hybridized carbons (Fsp3) is 0.500. The van der Waals surface area contributed by atoms with Crippen LogP contribution in [0.1, 0.15) is 25.6 Å². The maximum atomic E-state index is 11.6. The van der Waals surface area contributed by atoms with Crippen molar-refractivity contribution in [1.82, 2.24) is 5.32 Å². The number of rotatable bonds is 5. The molecule has 6 heteroatoms. The van der Waals surface area contributed by atoms with E-state index >= 15 is 0 Å². The number of amides is 1. The van der Waals surface area contributed by atoms with E-state index in [2.05, 4.69) is 21.2 Å². The summed E-state index contributed by atoms with van der Waals surface area (Å²) in [6.45, 7) is 5.82. The van der Waals surface area contributed by atoms with Gasteiger partial charge in [-0.25, -0.2) is 0 Å². The summed E-state index contributed by atoms with van der Waals surface area (Å²) in [4.78, 5) is 23.4. The van der Waals surface area contributed by atoms with Crippen LogP contribution in [0.4, 0.5) is 0 Å². The molecule has 1 atom stereocenters. The molecule has 4 nitrogen and oxygen atoms in total. The van der Waals surface area contributed by atoms with Gasteiger partial charge in [-0.2, -0.15) is 0 Å². The van der Waals surface area contributed by atoms with Crippen molar-refractivity contribution in [3.8, 4) is 0 Å². The molecule has 0 aliphatic rings. The average molecular weight is 334 g/mol. The zero-order chi connectivity index (χ0) is 13.9. The number of aliphatic carboxylic acids is 1. The minimum Gasteiger partial charge on any atom is -0.481 e. The Hall–Kier alpha value is -0.880. The highest BCUT2D eigenvalue weighted by atomic mass is 79.9. The van der Waals surface area contributed by atoms with E-state index < -0.39 is 17.8 Å². The Morgan fingerprint density at radius 3 is 2.56 bits per heavy atom. The average Bonchev–Trinajstić information content (AvgIpc) is 2.72. The molecule has 1 aromatic heterocycles. The second-order valence-electron chi connectivity index (χ2n) is 4.77. The lowest BCUT2D eigenvalue weighted by Crippen LogP contribution is -2.40. The third-order valence-electron chi connectivity index (χ3n) is 2.71. The summed E-state index contributed by atoms with van der Waals surface area (Å²) in [5.41, 5.74) is -0.218. The van der Waals surface area contributed by atoms with Crippen LogP contribution in [0.15, 0.2) is 15.9 Å². The van der Waals surface area contributed by atoms with E-state index in [1.165, 1.54) is 6.92 Å². The number of hydrogen-bond donors (Lipinski definition) is 2. The smallest absolute Gasteiger partial charge is 0.315 e. The molecule has 100 valence electrons. The van der Waals surface area contributed by atoms with Crippen molar-refractivity contribution in [2.24, 2.45) is 5.92 Å². The highest BCUT2D eigenvalue weighted by Gasteiger charge is 2.26. The van der Waals surface area contributed by atoms with E-state index in [1.54, 1.807) is 11.3 Å². The summed E-state index contributed by atoms with van der Waals surface area (Å²) in [5.74, 6) is -2.58. The Labute approximate surface area is 119 Å². The van der Waals surface area contributed by atoms with Gasteiger partial charge in [0, 0.05) is 16.8 Å². The van der Waals surface area contributed by atoms with Gasteiger partial charge in [-0.05, 0) is 35.0 Å². The first-order valence-electron chi connectivity index (χ1n) is 5.50. The summed E-state index contributed by atoms with van der Waals surface area (Å²) >= 11 is 5.01. The Bertz CT molecular complexity index is 456. The van der Waals surface area contributed by atoms with Crippen molar-refractivity contribution in [3.63, 3.8) is 0 Å². The standard InChI is InChI=1S/C12H16BrNO3S/c1-7(11(16)17)10(15)14-6-12(2,3)8-4-5-9(13)18-8/h4-5,7H,6H2,1-3H3,(H,14,15)(H,16,17). The van der Waals surface area contributed by atoms with Gasteiger partial charge in [-0.15, -0.1) is 11.3 Å². The lowest BCUT2D eigenvalue weighted by molar-refractivity contribution is -0.146. The number of nitrogens with one attached hydrogen (secondary N) is 1. The number of thiophene rings is 1. The molecule has 1 amide bonds. The van der Waals surface area contributed by atoms with Gasteiger partial charge in [0.15, 0.2) is 0 Å². The Balaban J connectivity index is 2.62. The van der Waals surface area contributed by atoms with Crippen LogP contribution < -0.4 is 5.32 Å². The number of hydrogen-bond acceptors (Lipinski definition) is 3. The van der Waals surface area contributed by atoms with E-state index in [-0.39, 0.29) is 5.41 Å². The molecule has 0 spiro atoms. The third kappa shape index (κ3) is 3.81. The number of carbonyl (C=O) groups is 2. The summed E-state index contributed by atoms with van der Waals surface area (Å²) < 4.78 is 1.04. The van der Waals surface area contributed by atoms with Crippen LogP contribution in [0.5, 0.6) is 0 Å². The molecular formula is C12H16BrNO3S. The van der Waals surface area contributed by atoms with E-state index in [0.717, 1.165) is 8.66 Å². The molecular weight excluding hydrogens is 318 g/mol. The van der Waals surface area contributed by atoms with Gasteiger partial charge in [0.2, 0.25) is 5.91 Å². The number of carbonyl (C=O) groups excluding carboxylic acids is 1. The second kappa shape index (κ2) is 5.84. The van der Waals surface area contributed by atoms with Gasteiger partial charge in [-0.1, -0.05) is 13.8 Å². The fourth-order valence-corrected chi connectivity index (χ4v) is 2.82. The van der Waals surface area contributed by atoms with E-state index in [1.807, 2.05) is 26.0 Å². The molecule has 1 rings (SSSR count). The monoisotopic (exact) mass is 333 g/mol. The molecule has 1 unspecified atom stereocenters. The van der Waals surface area contributed by atoms with Gasteiger partial charge in [-0.3, -0.25) is 9.59 Å². The number of carboxylic acid groups (broad SMARTS) is 1. The van der Waals surface area contributed by atoms with Crippen LogP contribution in [0.3, 0.4) is 0 Å². The van der Waals surface area contributed by atoms with Crippen LogP contribution in [0.2, 0.25) is 0 Å². The third-order valence-corrected chi connectivity index (χ3v) is 4.70. The minimum atomic E-state index is -1.11. The molecule has 0 aliphatic heterocycles. The number of halogens is 1. The van der Waals surface area contributed by atoms with Crippen molar-refractivity contribution in [1.29, 1.82) is 0 Å². The zero-order valence-electron chi connectivity index (χ0n) is 10.5. The quantitative estimate of drug-likeness (QED) is 0.814. The van der Waals surface area contributed by atoms with Gasteiger partial charge in [0.25, 0.3) is 0 Å². The first-order valence-corrected chi connectivity index (χ1v) is 7.11. The lowest BCUT2D eigenvalue weighted by Gasteiger charge is -2.24. The number of carboxylic acids is 1. The predicted octanol–water partition coefficient (Wildman–Crippen LogP) is 2.63. The molecule has 2 N–H and O–H groups in total. The maximum absolute atomic E-state index is 11.6. The van der Waals surface area contributed by atoms with Gasteiger partial charge in [0.1, 0.15) is 5.92 Å². The van der Waals surface area contributed by atoms with Crippen molar-refractivity contribution < 1.29 is 14.7 Å². The highest BCUT2D eigenvalue weighted by Crippen LogP contribution is 2.32. The van der Waals surface area contributed by atoms with Crippen LogP contribution in [0, 0.1) is 5.92 Å². The molecule has 0 saturated carbocycles. The molecule has 1 heterocycles. The van der Waals surface area contributed by atoms with Crippen molar-refractivity contribution in [2.45, 2.75) is 26.2 Å². The topological polar surface area (TPSA) is 66.4 Å². The van der Waals surface area contributed by atoms with Crippen molar-refractivity contribution in [2.75, 3.05) is 6.54 Å². The first-order chi connectivity index (χ1) is 8.24. The van der Waals surface area contributed by atoms with Crippen LogP contribution in [-0.2, 0) is 15.0 Å². The molecule has 0 bridgehead atoms. The lowest BCUT2D eigenvalue weighted by atomic mass is 9.91. The summed E-state index contributed by atoms with van der Waals surface area (Å²) in [6.07, 6.45) is 0. The maximum Gasteiger partial charge on any atom is 0.315 e. The Morgan fingerprint density at radius 1 is 1.50 bits per heavy atom. The van der Waals surface area contributed by atoms with Gasteiger partial charge < -0.3 is 10.4 Å². The molecule has 1 aromatic rings. The van der Waals surface area contributed by atoms with Crippen LogP contribution >= 0.6 is 27.3 Å². The highest BCUT2D eigenvalue weighted by molar-refractivity contribution is 9.11. The molecule has 0 saturated heterocycles. The van der Waals surface area contributed by atoms with Gasteiger partial charge >= 0.3 is 5.97 Å². The van der Waals surface area contributed by atoms with Crippen molar-refractivity contribution in [3.05, 3.63) is 20.8 Å². The fourth-order valence-electron chi connectivity index (χ4n) is 1.34. The van der Waals surface area contributed by atoms with E-state index in [0.29, 0.717) is 6.54 Å².